The molecule has 2 aromatic heterocycles. The van der Waals surface area contributed by atoms with Gasteiger partial charge in [0.2, 0.25) is 0 Å². The van der Waals surface area contributed by atoms with Crippen LogP contribution < -0.4 is 5.73 Å². The quantitative estimate of drug-likeness (QED) is 0.748. The first-order valence-corrected chi connectivity index (χ1v) is 6.66. The molecular formula is C16H16FN3O. The number of nitrogens with zero attached hydrogens (tertiary/aromatic N) is 1. The summed E-state index contributed by atoms with van der Waals surface area (Å²) < 4.78 is 19.8. The van der Waals surface area contributed by atoms with Crippen molar-refractivity contribution in [3.8, 4) is 22.4 Å². The van der Waals surface area contributed by atoms with Gasteiger partial charge in [-0.05, 0) is 32.4 Å². The van der Waals surface area contributed by atoms with Gasteiger partial charge in [0.15, 0.2) is 5.82 Å². The summed E-state index contributed by atoms with van der Waals surface area (Å²) >= 11 is 0. The van der Waals surface area contributed by atoms with Gasteiger partial charge in [-0.1, -0.05) is 18.2 Å². The first-order valence-electron chi connectivity index (χ1n) is 6.66. The Morgan fingerprint density at radius 3 is 2.43 bits per heavy atom. The fraction of sp³-hybridized carbons (Fsp3) is 0.188. The lowest BCUT2D eigenvalue weighted by atomic mass is 9.98. The van der Waals surface area contributed by atoms with E-state index >= 15 is 0 Å². The van der Waals surface area contributed by atoms with Gasteiger partial charge in [0.05, 0.1) is 11.3 Å². The van der Waals surface area contributed by atoms with E-state index in [1.165, 1.54) is 6.07 Å². The minimum atomic E-state index is -0.331. The van der Waals surface area contributed by atoms with Gasteiger partial charge in [0.25, 0.3) is 0 Å². The third-order valence-electron chi connectivity index (χ3n) is 3.75. The number of benzene rings is 1. The summed E-state index contributed by atoms with van der Waals surface area (Å²) in [6, 6.07) is 6.52. The summed E-state index contributed by atoms with van der Waals surface area (Å²) in [5.74, 6) is 1.52. The van der Waals surface area contributed by atoms with Crippen LogP contribution >= 0.6 is 0 Å². The molecule has 0 aliphatic rings. The molecule has 4 nitrogen and oxygen atoms in total. The number of nitrogen functional groups attached to an aromatic ring is 1. The van der Waals surface area contributed by atoms with Crippen LogP contribution in [0, 0.1) is 26.6 Å². The van der Waals surface area contributed by atoms with E-state index in [0.29, 0.717) is 16.8 Å². The Bertz CT molecular complexity index is 817. The number of aromatic amines is 1. The maximum atomic E-state index is 14.1. The number of H-pyrrole nitrogens is 1. The Kier molecular flexibility index (Phi) is 3.05. The zero-order chi connectivity index (χ0) is 15.1. The number of furan rings is 1. The molecule has 21 heavy (non-hydrogen) atoms. The molecule has 0 spiro atoms. The zero-order valence-electron chi connectivity index (χ0n) is 12.1. The molecule has 0 bridgehead atoms. The van der Waals surface area contributed by atoms with Crippen molar-refractivity contribution in [2.24, 2.45) is 0 Å². The molecule has 0 aliphatic heterocycles. The number of anilines is 1. The molecule has 2 heterocycles. The van der Waals surface area contributed by atoms with Crippen LogP contribution in [0.4, 0.5) is 10.2 Å². The van der Waals surface area contributed by atoms with Crippen molar-refractivity contribution in [2.75, 3.05) is 5.73 Å². The topological polar surface area (TPSA) is 67.8 Å². The van der Waals surface area contributed by atoms with Gasteiger partial charge in [-0.3, -0.25) is 5.10 Å². The highest BCUT2D eigenvalue weighted by molar-refractivity contribution is 5.89. The number of rotatable bonds is 2. The number of aryl methyl sites for hydroxylation is 2. The zero-order valence-corrected chi connectivity index (χ0v) is 12.1. The Balaban J connectivity index is 2.30. The third-order valence-corrected chi connectivity index (χ3v) is 3.75. The van der Waals surface area contributed by atoms with Gasteiger partial charge in [0, 0.05) is 11.1 Å². The number of hydrogen-bond donors (Lipinski definition) is 2. The van der Waals surface area contributed by atoms with E-state index < -0.39 is 0 Å². The molecule has 0 fully saturated rings. The molecule has 0 atom stereocenters. The van der Waals surface area contributed by atoms with E-state index in [0.717, 1.165) is 22.6 Å². The Morgan fingerprint density at radius 2 is 1.81 bits per heavy atom. The Labute approximate surface area is 121 Å². The number of hydrogen-bond acceptors (Lipinski definition) is 3. The summed E-state index contributed by atoms with van der Waals surface area (Å²) in [6.07, 6.45) is 0. The number of halogens is 1. The van der Waals surface area contributed by atoms with Crippen LogP contribution in [-0.4, -0.2) is 10.2 Å². The maximum absolute atomic E-state index is 14.1. The molecule has 5 heteroatoms. The van der Waals surface area contributed by atoms with Crippen molar-refractivity contribution >= 4 is 5.82 Å². The molecular weight excluding hydrogens is 269 g/mol. The van der Waals surface area contributed by atoms with Crippen LogP contribution in [0.25, 0.3) is 22.4 Å². The number of aromatic nitrogens is 2. The summed E-state index contributed by atoms with van der Waals surface area (Å²) in [5, 5.41) is 6.96. The summed E-state index contributed by atoms with van der Waals surface area (Å²) in [7, 11) is 0. The minimum Gasteiger partial charge on any atom is -0.466 e. The van der Waals surface area contributed by atoms with Gasteiger partial charge in [-0.15, -0.1) is 0 Å². The molecule has 0 aliphatic carbocycles. The van der Waals surface area contributed by atoms with Crippen LogP contribution in [0.3, 0.4) is 0 Å². The van der Waals surface area contributed by atoms with E-state index in [9.17, 15) is 4.39 Å². The molecule has 0 radical (unpaired) electrons. The molecule has 0 saturated heterocycles. The van der Waals surface area contributed by atoms with E-state index in [1.807, 2.05) is 20.8 Å². The van der Waals surface area contributed by atoms with E-state index in [2.05, 4.69) is 10.2 Å². The van der Waals surface area contributed by atoms with Gasteiger partial charge >= 0.3 is 0 Å². The highest BCUT2D eigenvalue weighted by atomic mass is 19.1. The molecule has 3 aromatic rings. The first kappa shape index (κ1) is 13.4. The average molecular weight is 285 g/mol. The lowest BCUT2D eigenvalue weighted by molar-refractivity contribution is 0.503. The van der Waals surface area contributed by atoms with E-state index in [1.54, 1.807) is 18.2 Å². The normalized spacial score (nSPS) is 11.0. The van der Waals surface area contributed by atoms with E-state index in [4.69, 9.17) is 10.2 Å². The Hall–Kier alpha value is -2.56. The molecule has 108 valence electrons. The second kappa shape index (κ2) is 4.77. The average Bonchev–Trinajstić information content (AvgIpc) is 2.92. The van der Waals surface area contributed by atoms with Gasteiger partial charge in [-0.25, -0.2) is 4.39 Å². The molecule has 3 N–H and O–H groups in total. The van der Waals surface area contributed by atoms with Crippen LogP contribution in [0.1, 0.15) is 17.1 Å². The monoisotopic (exact) mass is 285 g/mol. The van der Waals surface area contributed by atoms with E-state index in [-0.39, 0.29) is 11.6 Å². The SMILES string of the molecule is Cc1oc(C)c(-c2[nH]nc(N)c2-c2ccccc2F)c1C. The maximum Gasteiger partial charge on any atom is 0.153 e. The molecule has 0 saturated carbocycles. The molecule has 1 aromatic carbocycles. The standard InChI is InChI=1S/C16H16FN3O/c1-8-9(2)21-10(3)13(8)15-14(16(18)20-19-15)11-6-4-5-7-12(11)17/h4-7H,1-3H3,(H3,18,19,20). The lowest BCUT2D eigenvalue weighted by Gasteiger charge is -2.06. The fourth-order valence-corrected chi connectivity index (χ4v) is 2.63. The van der Waals surface area contributed by atoms with Crippen molar-refractivity contribution in [3.05, 3.63) is 47.2 Å². The second-order valence-corrected chi connectivity index (χ2v) is 5.05. The molecule has 0 unspecified atom stereocenters. The highest BCUT2D eigenvalue weighted by Gasteiger charge is 2.22. The van der Waals surface area contributed by atoms with Crippen LogP contribution in [0.5, 0.6) is 0 Å². The fourth-order valence-electron chi connectivity index (χ4n) is 2.63. The Morgan fingerprint density at radius 1 is 1.10 bits per heavy atom. The minimum absolute atomic E-state index is 0.271. The van der Waals surface area contributed by atoms with Crippen molar-refractivity contribution in [1.82, 2.24) is 10.2 Å². The summed E-state index contributed by atoms with van der Waals surface area (Å²) in [6.45, 7) is 5.73. The van der Waals surface area contributed by atoms with Crippen molar-refractivity contribution in [1.29, 1.82) is 0 Å². The van der Waals surface area contributed by atoms with Crippen molar-refractivity contribution in [3.63, 3.8) is 0 Å². The third kappa shape index (κ3) is 2.01. The van der Waals surface area contributed by atoms with Gasteiger partial charge < -0.3 is 10.2 Å². The highest BCUT2D eigenvalue weighted by Crippen LogP contribution is 2.40. The summed E-state index contributed by atoms with van der Waals surface area (Å²) in [4.78, 5) is 0. The smallest absolute Gasteiger partial charge is 0.153 e. The van der Waals surface area contributed by atoms with Gasteiger partial charge in [-0.2, -0.15) is 5.10 Å². The van der Waals surface area contributed by atoms with Crippen LogP contribution in [0.15, 0.2) is 28.7 Å². The molecule has 3 rings (SSSR count). The predicted octanol–water partition coefficient (Wildman–Crippen LogP) is 3.98. The van der Waals surface area contributed by atoms with Crippen LogP contribution in [-0.2, 0) is 0 Å². The van der Waals surface area contributed by atoms with Crippen molar-refractivity contribution in [2.45, 2.75) is 20.8 Å². The predicted molar refractivity (Wildman–Crippen MR) is 80.3 cm³/mol. The van der Waals surface area contributed by atoms with Crippen molar-refractivity contribution < 1.29 is 8.81 Å². The molecule has 0 amide bonds. The number of nitrogens with one attached hydrogen (secondary N) is 1. The van der Waals surface area contributed by atoms with Crippen LogP contribution in [0.2, 0.25) is 0 Å². The lowest BCUT2D eigenvalue weighted by Crippen LogP contribution is -1.92. The first-order chi connectivity index (χ1) is 10.0. The largest absolute Gasteiger partial charge is 0.466 e. The second-order valence-electron chi connectivity index (χ2n) is 5.05. The summed E-state index contributed by atoms with van der Waals surface area (Å²) in [5.41, 5.74) is 9.51. The number of nitrogens with two attached hydrogens (primary N) is 1. The van der Waals surface area contributed by atoms with Gasteiger partial charge in [0.1, 0.15) is 17.3 Å².